The van der Waals surface area contributed by atoms with Crippen LogP contribution < -0.4 is 14.2 Å². The first-order chi connectivity index (χ1) is 20.3. The summed E-state index contributed by atoms with van der Waals surface area (Å²) in [6.45, 7) is 3.78. The van der Waals surface area contributed by atoms with Crippen molar-refractivity contribution < 1.29 is 41.0 Å². The number of halogens is 4. The number of ether oxygens (including phenoxy) is 2. The highest BCUT2D eigenvalue weighted by Crippen LogP contribution is 2.31. The monoisotopic (exact) mass is 634 g/mol. The molecule has 43 heavy (non-hydrogen) atoms. The molecule has 0 fully saturated rings. The maximum atomic E-state index is 13.1. The zero-order valence-corrected chi connectivity index (χ0v) is 24.5. The van der Waals surface area contributed by atoms with Crippen molar-refractivity contribution >= 4 is 38.5 Å². The molecule has 2 N–H and O–H groups in total. The Balaban J connectivity index is 1.61. The molecule has 0 bridgehead atoms. The Labute approximate surface area is 251 Å². The standard InChI is InChI=1S/C30H26ClF3N2O6S/c1-3-4-15-41-22-10-12-24(13-11-22)43(39,40)35-27(29(37)38)17-25-19(2)36(28-14-7-21(31)16-26(25)28)18-20-5-8-23(9-6-20)42-30(32,33)34/h5-14,16,27,35H,15,17-18H2,1-2H3,(H,37,38)/t27-/m0/s1. The summed E-state index contributed by atoms with van der Waals surface area (Å²) in [4.78, 5) is 12.1. The molecule has 4 aromatic rings. The van der Waals surface area contributed by atoms with Gasteiger partial charge in [-0.05, 0) is 79.6 Å². The Kier molecular flexibility index (Phi) is 9.59. The lowest BCUT2D eigenvalue weighted by Crippen LogP contribution is -2.42. The third-order valence-electron chi connectivity index (χ3n) is 6.54. The van der Waals surface area contributed by atoms with Crippen molar-refractivity contribution in [2.45, 2.75) is 44.1 Å². The van der Waals surface area contributed by atoms with E-state index in [1.54, 1.807) is 32.0 Å². The van der Waals surface area contributed by atoms with Crippen molar-refractivity contribution in [1.29, 1.82) is 0 Å². The van der Waals surface area contributed by atoms with Crippen molar-refractivity contribution in [3.8, 4) is 23.3 Å². The summed E-state index contributed by atoms with van der Waals surface area (Å²) in [6, 6.07) is 14.4. The van der Waals surface area contributed by atoms with E-state index < -0.39 is 28.4 Å². The minimum Gasteiger partial charge on any atom is -0.481 e. The highest BCUT2D eigenvalue weighted by atomic mass is 35.5. The number of aromatic nitrogens is 1. The SMILES string of the molecule is CC#CCOc1ccc(S(=O)(=O)N[C@@H](Cc2c(C)n(Cc3ccc(OC(F)(F)F)cc3)c3ccc(Cl)cc23)C(=O)O)cc1. The summed E-state index contributed by atoms with van der Waals surface area (Å²) in [7, 11) is -4.24. The molecule has 0 saturated heterocycles. The van der Waals surface area contributed by atoms with E-state index in [0.717, 1.165) is 0 Å². The summed E-state index contributed by atoms with van der Waals surface area (Å²) in [5, 5.41) is 11.0. The predicted molar refractivity (Wildman–Crippen MR) is 155 cm³/mol. The Hall–Kier alpha value is -4.18. The van der Waals surface area contributed by atoms with E-state index in [4.69, 9.17) is 16.3 Å². The fraction of sp³-hybridized carbons (Fsp3) is 0.233. The van der Waals surface area contributed by atoms with Gasteiger partial charge in [-0.3, -0.25) is 4.79 Å². The number of nitrogens with one attached hydrogen (secondary N) is 1. The lowest BCUT2D eigenvalue weighted by molar-refractivity contribution is -0.274. The number of sulfonamides is 1. The molecule has 0 amide bonds. The molecule has 13 heteroatoms. The van der Waals surface area contributed by atoms with Crippen LogP contribution in [0.3, 0.4) is 0 Å². The highest BCUT2D eigenvalue weighted by Gasteiger charge is 2.31. The van der Waals surface area contributed by atoms with Gasteiger partial charge in [-0.25, -0.2) is 8.42 Å². The number of fused-ring (bicyclic) bond motifs is 1. The van der Waals surface area contributed by atoms with E-state index in [-0.39, 0.29) is 30.2 Å². The summed E-state index contributed by atoms with van der Waals surface area (Å²) >= 11 is 6.26. The van der Waals surface area contributed by atoms with Gasteiger partial charge in [0.15, 0.2) is 0 Å². The second-order valence-corrected chi connectivity index (χ2v) is 11.6. The number of benzene rings is 3. The maximum Gasteiger partial charge on any atom is 0.573 e. The number of rotatable bonds is 11. The first-order valence-corrected chi connectivity index (χ1v) is 14.6. The molecule has 1 atom stereocenters. The van der Waals surface area contributed by atoms with Gasteiger partial charge in [-0.2, -0.15) is 4.72 Å². The van der Waals surface area contributed by atoms with Gasteiger partial charge in [0.2, 0.25) is 10.0 Å². The van der Waals surface area contributed by atoms with Crippen molar-refractivity contribution in [1.82, 2.24) is 9.29 Å². The normalized spacial score (nSPS) is 12.4. The summed E-state index contributed by atoms with van der Waals surface area (Å²) in [6.07, 6.45) is -5.02. The van der Waals surface area contributed by atoms with E-state index in [1.807, 2.05) is 4.57 Å². The van der Waals surface area contributed by atoms with E-state index in [2.05, 4.69) is 21.3 Å². The van der Waals surface area contributed by atoms with Gasteiger partial charge in [-0.15, -0.1) is 19.1 Å². The quantitative estimate of drug-likeness (QED) is 0.198. The maximum absolute atomic E-state index is 13.1. The van der Waals surface area contributed by atoms with Crippen LogP contribution in [0.2, 0.25) is 5.02 Å². The predicted octanol–water partition coefficient (Wildman–Crippen LogP) is 5.93. The number of carboxylic acids is 1. The number of alkyl halides is 3. The van der Waals surface area contributed by atoms with Crippen LogP contribution in [0.25, 0.3) is 10.9 Å². The highest BCUT2D eigenvalue weighted by molar-refractivity contribution is 7.89. The summed E-state index contributed by atoms with van der Waals surface area (Å²) < 4.78 is 77.4. The molecule has 3 aromatic carbocycles. The molecule has 226 valence electrons. The van der Waals surface area contributed by atoms with E-state index in [9.17, 15) is 31.5 Å². The fourth-order valence-electron chi connectivity index (χ4n) is 4.51. The molecule has 0 aliphatic rings. The van der Waals surface area contributed by atoms with Gasteiger partial charge in [0.05, 0.1) is 4.90 Å². The van der Waals surface area contributed by atoms with E-state index >= 15 is 0 Å². The number of carboxylic acid groups (broad SMARTS) is 1. The van der Waals surface area contributed by atoms with Crippen LogP contribution in [0.5, 0.6) is 11.5 Å². The molecule has 0 aliphatic carbocycles. The van der Waals surface area contributed by atoms with Crippen LogP contribution in [0.4, 0.5) is 13.2 Å². The molecule has 0 spiro atoms. The van der Waals surface area contributed by atoms with Gasteiger partial charge in [0.1, 0.15) is 24.1 Å². The van der Waals surface area contributed by atoms with Crippen LogP contribution in [0.1, 0.15) is 23.7 Å². The average Bonchev–Trinajstić information content (AvgIpc) is 3.18. The molecular formula is C30H26ClF3N2O6S. The average molecular weight is 635 g/mol. The largest absolute Gasteiger partial charge is 0.573 e. The van der Waals surface area contributed by atoms with Crippen LogP contribution in [-0.2, 0) is 27.8 Å². The molecule has 1 aromatic heterocycles. The van der Waals surface area contributed by atoms with Crippen LogP contribution >= 0.6 is 11.6 Å². The first-order valence-electron chi connectivity index (χ1n) is 12.8. The zero-order chi connectivity index (χ0) is 31.4. The lowest BCUT2D eigenvalue weighted by atomic mass is 10.0. The number of hydrogen-bond donors (Lipinski definition) is 2. The Morgan fingerprint density at radius 2 is 1.72 bits per heavy atom. The Morgan fingerprint density at radius 3 is 2.33 bits per heavy atom. The van der Waals surface area contributed by atoms with Crippen molar-refractivity contribution in [2.24, 2.45) is 0 Å². The van der Waals surface area contributed by atoms with Crippen molar-refractivity contribution in [3.05, 3.63) is 88.6 Å². The minimum atomic E-state index is -4.81. The molecule has 0 aliphatic heterocycles. The van der Waals surface area contributed by atoms with Gasteiger partial charge < -0.3 is 19.1 Å². The second-order valence-electron chi connectivity index (χ2n) is 9.41. The number of aliphatic carboxylic acids is 1. The number of nitrogens with zero attached hydrogens (tertiary/aromatic N) is 1. The Morgan fingerprint density at radius 1 is 1.07 bits per heavy atom. The topological polar surface area (TPSA) is 107 Å². The van der Waals surface area contributed by atoms with Crippen molar-refractivity contribution in [3.63, 3.8) is 0 Å². The fourth-order valence-corrected chi connectivity index (χ4v) is 5.87. The van der Waals surface area contributed by atoms with Crippen LogP contribution in [0, 0.1) is 18.8 Å². The van der Waals surface area contributed by atoms with Gasteiger partial charge in [0, 0.05) is 34.6 Å². The summed E-state index contributed by atoms with van der Waals surface area (Å²) in [5.41, 5.74) is 2.52. The van der Waals surface area contributed by atoms with Crippen LogP contribution in [0.15, 0.2) is 71.6 Å². The van der Waals surface area contributed by atoms with E-state index in [1.165, 1.54) is 48.5 Å². The van der Waals surface area contributed by atoms with Gasteiger partial charge in [-0.1, -0.05) is 29.7 Å². The van der Waals surface area contributed by atoms with Crippen LogP contribution in [-0.4, -0.2) is 43.1 Å². The molecule has 0 saturated carbocycles. The van der Waals surface area contributed by atoms with Crippen molar-refractivity contribution in [2.75, 3.05) is 6.61 Å². The molecule has 8 nitrogen and oxygen atoms in total. The third-order valence-corrected chi connectivity index (χ3v) is 8.26. The molecule has 0 radical (unpaired) electrons. The molecule has 4 rings (SSSR count). The third kappa shape index (κ3) is 8.01. The van der Waals surface area contributed by atoms with Gasteiger partial charge >= 0.3 is 12.3 Å². The molecular weight excluding hydrogens is 609 g/mol. The first kappa shape index (κ1) is 31.7. The number of carbonyl (C=O) groups is 1. The second kappa shape index (κ2) is 13.0. The summed E-state index contributed by atoms with van der Waals surface area (Å²) in [5.74, 6) is 4.07. The lowest BCUT2D eigenvalue weighted by Gasteiger charge is -2.16. The molecule has 0 unspecified atom stereocenters. The zero-order valence-electron chi connectivity index (χ0n) is 22.9. The van der Waals surface area contributed by atoms with E-state index in [0.29, 0.717) is 38.5 Å². The molecule has 1 heterocycles. The minimum absolute atomic E-state index is 0.136. The smallest absolute Gasteiger partial charge is 0.481 e. The number of hydrogen-bond acceptors (Lipinski definition) is 5. The Bertz CT molecular complexity index is 1790. The van der Waals surface area contributed by atoms with Gasteiger partial charge in [0.25, 0.3) is 0 Å².